The lowest BCUT2D eigenvalue weighted by molar-refractivity contribution is -0.237. The van der Waals surface area contributed by atoms with Gasteiger partial charge in [-0.2, -0.15) is 0 Å². The molecule has 0 bridgehead atoms. The van der Waals surface area contributed by atoms with Gasteiger partial charge in [0.1, 0.15) is 38.1 Å². The Kier molecular flexibility index (Phi) is 30.1. The molecule has 0 radical (unpaired) electrons. The molecule has 3 heterocycles. The minimum Gasteiger partial charge on any atom is -0.463 e. The number of carbonyl (C=O) groups is 12. The fourth-order valence-electron chi connectivity index (χ4n) is 9.32. The van der Waals surface area contributed by atoms with Crippen LogP contribution in [0.4, 0.5) is 0 Å². The van der Waals surface area contributed by atoms with Crippen LogP contribution in [-0.2, 0) is 146 Å². The Hall–Kier alpha value is -5.16. The van der Waals surface area contributed by atoms with Crippen molar-refractivity contribution in [2.45, 2.75) is 211 Å². The maximum Gasteiger partial charge on any atom is 0.303 e. The van der Waals surface area contributed by atoms with E-state index in [-0.39, 0.29) is 17.3 Å². The van der Waals surface area contributed by atoms with Crippen molar-refractivity contribution in [2.24, 2.45) is 0 Å². The van der Waals surface area contributed by atoms with E-state index in [9.17, 15) is 57.5 Å². The van der Waals surface area contributed by atoms with Crippen molar-refractivity contribution in [1.29, 1.82) is 0 Å². The van der Waals surface area contributed by atoms with Gasteiger partial charge in [-0.3, -0.25) is 57.5 Å². The summed E-state index contributed by atoms with van der Waals surface area (Å²) in [6.07, 6.45) is -16.1. The lowest BCUT2D eigenvalue weighted by atomic mass is 9.90. The average Bonchev–Trinajstić information content (AvgIpc) is 3.42. The van der Waals surface area contributed by atoms with Gasteiger partial charge in [0.2, 0.25) is 0 Å². The standard InChI is InChI=1S/C54H72O27S6/c1-22-37(19-82-85-52-49(76-34(13)64)46(73-31(10)61)43(70-28(7)58)40(79-52)16-67-25(4)55)23(2)39(21-84-87-54-51(78-36(15)66)48(75-33(12)63)45(72-30(9)60)42(81-54)18-69-27(6)57)24(3)38(22)20-83-86-53-50(77-35(14)65)47(74-32(11)62)44(71-29(8)59)41(80-53)17-68-26(5)56/h40-54H,16-21H2,1-15H3/t40-,41-,42-,43-,44-,45-,46+,47+,48+,49-,50-,51-,52+,53+,54+/m1/s1. The van der Waals surface area contributed by atoms with E-state index < -0.39 is 181 Å². The van der Waals surface area contributed by atoms with Crippen LogP contribution >= 0.6 is 64.8 Å². The Bertz CT molecular complexity index is 2390. The fraction of sp³-hybridized carbons (Fsp3) is 0.667. The molecule has 0 spiro atoms. The largest absolute Gasteiger partial charge is 0.463 e. The molecule has 1 aromatic rings. The third-order valence-corrected chi connectivity index (χ3v) is 20.0. The molecule has 33 heteroatoms. The van der Waals surface area contributed by atoms with E-state index >= 15 is 0 Å². The third kappa shape index (κ3) is 23.0. The van der Waals surface area contributed by atoms with Crippen molar-refractivity contribution in [3.63, 3.8) is 0 Å². The summed E-state index contributed by atoms with van der Waals surface area (Å²) < 4.78 is 85.7. The lowest BCUT2D eigenvalue weighted by Crippen LogP contribution is -2.61. The molecule has 87 heavy (non-hydrogen) atoms. The van der Waals surface area contributed by atoms with Gasteiger partial charge < -0.3 is 71.1 Å². The van der Waals surface area contributed by atoms with Crippen LogP contribution < -0.4 is 0 Å². The van der Waals surface area contributed by atoms with E-state index in [0.29, 0.717) is 0 Å². The molecule has 0 amide bonds. The molecule has 0 aromatic heterocycles. The first-order valence-electron chi connectivity index (χ1n) is 26.7. The average molecular weight is 1350 g/mol. The molecule has 27 nitrogen and oxygen atoms in total. The lowest BCUT2D eigenvalue weighted by Gasteiger charge is -2.44. The molecule has 1 aromatic carbocycles. The van der Waals surface area contributed by atoms with Crippen molar-refractivity contribution in [1.82, 2.24) is 0 Å². The van der Waals surface area contributed by atoms with Crippen LogP contribution in [0.3, 0.4) is 0 Å². The summed E-state index contributed by atoms with van der Waals surface area (Å²) in [5.74, 6) is -8.58. The van der Waals surface area contributed by atoms with Crippen LogP contribution in [0.15, 0.2) is 0 Å². The van der Waals surface area contributed by atoms with Gasteiger partial charge in [0.15, 0.2) is 71.2 Å². The monoisotopic (exact) mass is 1340 g/mol. The van der Waals surface area contributed by atoms with Crippen LogP contribution in [-0.4, -0.2) is 181 Å². The molecule has 4 rings (SSSR count). The summed E-state index contributed by atoms with van der Waals surface area (Å²) in [6.45, 7) is 17.9. The first-order valence-corrected chi connectivity index (χ1v) is 33.8. The molecular formula is C54H72O27S6. The Morgan fingerprint density at radius 2 is 0.471 bits per heavy atom. The zero-order chi connectivity index (χ0) is 65.1. The van der Waals surface area contributed by atoms with Gasteiger partial charge in [-0.25, -0.2) is 0 Å². The summed E-state index contributed by atoms with van der Waals surface area (Å²) in [7, 11) is 7.03. The fourth-order valence-corrected chi connectivity index (χ4v) is 17.4. The van der Waals surface area contributed by atoms with E-state index in [1.54, 1.807) is 0 Å². The third-order valence-electron chi connectivity index (χ3n) is 12.7. The molecule has 15 atom stereocenters. The summed E-state index contributed by atoms with van der Waals surface area (Å²) in [6, 6.07) is 0. The van der Waals surface area contributed by atoms with Gasteiger partial charge in [-0.1, -0.05) is 64.8 Å². The van der Waals surface area contributed by atoms with Crippen LogP contribution in [0.1, 0.15) is 116 Å². The van der Waals surface area contributed by atoms with E-state index in [1.165, 1.54) is 32.4 Å². The quantitative estimate of drug-likeness (QED) is 0.0595. The number of hydrogen-bond acceptors (Lipinski definition) is 33. The Balaban J connectivity index is 1.83. The molecule has 0 aliphatic carbocycles. The molecule has 3 saturated heterocycles. The van der Waals surface area contributed by atoms with E-state index in [1.807, 2.05) is 20.8 Å². The van der Waals surface area contributed by atoms with Gasteiger partial charge in [-0.15, -0.1) is 0 Å². The minimum absolute atomic E-state index is 0.213. The Labute approximate surface area is 526 Å². The van der Waals surface area contributed by atoms with Gasteiger partial charge in [0.25, 0.3) is 0 Å². The summed E-state index contributed by atoms with van der Waals surface area (Å²) in [4.78, 5) is 149. The van der Waals surface area contributed by atoms with Gasteiger partial charge in [-0.05, 0) is 54.2 Å². The highest BCUT2D eigenvalue weighted by atomic mass is 33.1. The first kappa shape index (κ1) is 74.3. The smallest absolute Gasteiger partial charge is 0.303 e. The SMILES string of the molecule is CC(=O)OC[C@H]1O[C@@H](SSCc2c(C)c(CSS[C@@H]3O[C@H](COC(C)=O)[C@@H](OC(C)=O)[C@H](OC(C)=O)[C@H]3OC(C)=O)c(C)c(CSS[C@@H]3O[C@H](COC(C)=O)[C@@H](OC(C)=O)[C@H](OC(C)=O)[C@H]3OC(C)=O)c2C)[C@H](OC(C)=O)[C@@H](OC(C)=O)[C@@H]1OC(C)=O. The molecule has 0 N–H and O–H groups in total. The number of ether oxygens (including phenoxy) is 15. The molecule has 3 aliphatic rings. The second kappa shape index (κ2) is 35.3. The maximum atomic E-state index is 12.7. The summed E-state index contributed by atoms with van der Waals surface area (Å²) >= 11 is 0. The predicted octanol–water partition coefficient (Wildman–Crippen LogP) is 5.51. The van der Waals surface area contributed by atoms with Gasteiger partial charge >= 0.3 is 71.6 Å². The topological polar surface area (TPSA) is 343 Å². The van der Waals surface area contributed by atoms with E-state index in [0.717, 1.165) is 149 Å². The highest BCUT2D eigenvalue weighted by molar-refractivity contribution is 8.77. The number of benzene rings is 1. The number of esters is 12. The molecule has 0 saturated carbocycles. The second-order valence-electron chi connectivity index (χ2n) is 19.6. The van der Waals surface area contributed by atoms with Crippen molar-refractivity contribution in [3.8, 4) is 0 Å². The van der Waals surface area contributed by atoms with Crippen molar-refractivity contribution < 1.29 is 129 Å². The summed E-state index contributed by atoms with van der Waals surface area (Å²) in [5, 5.41) is 0. The minimum atomic E-state index is -1.42. The Morgan fingerprint density at radius 3 is 0.655 bits per heavy atom. The van der Waals surface area contributed by atoms with Crippen LogP contribution in [0.5, 0.6) is 0 Å². The zero-order valence-electron chi connectivity index (χ0n) is 50.4. The zero-order valence-corrected chi connectivity index (χ0v) is 55.3. The molecular weight excluding hydrogens is 1270 g/mol. The van der Waals surface area contributed by atoms with Crippen molar-refractivity contribution in [2.75, 3.05) is 19.8 Å². The van der Waals surface area contributed by atoms with Crippen LogP contribution in [0.2, 0.25) is 0 Å². The molecule has 3 aliphatic heterocycles. The highest BCUT2D eigenvalue weighted by Gasteiger charge is 2.55. The second-order valence-corrected chi connectivity index (χ2v) is 27.0. The van der Waals surface area contributed by atoms with Gasteiger partial charge in [0, 0.05) is 100 Å². The number of rotatable bonds is 27. The summed E-state index contributed by atoms with van der Waals surface area (Å²) in [5.41, 5.74) is 1.38. The number of hydrogen-bond donors (Lipinski definition) is 0. The van der Waals surface area contributed by atoms with Gasteiger partial charge in [0.05, 0.1) is 0 Å². The molecule has 0 unspecified atom stereocenters. The first-order chi connectivity index (χ1) is 40.8. The maximum absolute atomic E-state index is 12.7. The van der Waals surface area contributed by atoms with Crippen molar-refractivity contribution >= 4 is 136 Å². The van der Waals surface area contributed by atoms with Crippen LogP contribution in [0, 0.1) is 20.8 Å². The van der Waals surface area contributed by atoms with Crippen LogP contribution in [0.25, 0.3) is 0 Å². The van der Waals surface area contributed by atoms with E-state index in [4.69, 9.17) is 71.1 Å². The van der Waals surface area contributed by atoms with E-state index in [2.05, 4.69) is 0 Å². The number of carbonyl (C=O) groups excluding carboxylic acids is 12. The molecule has 3 fully saturated rings. The highest BCUT2D eigenvalue weighted by Crippen LogP contribution is 2.47. The Morgan fingerprint density at radius 1 is 0.287 bits per heavy atom. The predicted molar refractivity (Wildman–Crippen MR) is 313 cm³/mol. The molecule has 486 valence electrons. The normalized spacial score (nSPS) is 26.7. The van der Waals surface area contributed by atoms with Crippen molar-refractivity contribution in [3.05, 3.63) is 33.4 Å².